The molecule has 11 heteroatoms. The Kier molecular flexibility index (Phi) is 11.1. The monoisotopic (exact) mass is 638 g/mol. The van der Waals surface area contributed by atoms with Crippen LogP contribution in [0.5, 0.6) is 0 Å². The minimum absolute atomic E-state index is 0.0878. The number of fused-ring (bicyclic) bond motifs is 1. The average Bonchev–Trinajstić information content (AvgIpc) is 2.97. The molecule has 244 valence electrons. The van der Waals surface area contributed by atoms with E-state index >= 15 is 0 Å². The molecular formula is C34H46N4O6S. The number of nitrogens with zero attached hydrogens (tertiary/aromatic N) is 3. The Balaban J connectivity index is 1.50. The van der Waals surface area contributed by atoms with E-state index in [1.165, 1.54) is 11.8 Å². The summed E-state index contributed by atoms with van der Waals surface area (Å²) in [7, 11) is 0. The molecule has 0 bridgehead atoms. The number of anilines is 1. The van der Waals surface area contributed by atoms with Crippen molar-refractivity contribution in [1.29, 1.82) is 0 Å². The van der Waals surface area contributed by atoms with E-state index < -0.39 is 11.7 Å². The molecule has 4 amide bonds. The molecule has 1 fully saturated rings. The SMILES string of the molecule is Cc1cc2c(cc1C(=O)N(C(C)C)[C@@H]1CCCN(C(=O)OC(C)(C)C)C1)N(CCNC(=O)OCc1ccccc1)C(=O)C(C)S2. The lowest BCUT2D eigenvalue weighted by Gasteiger charge is -2.42. The number of benzene rings is 2. The largest absolute Gasteiger partial charge is 0.445 e. The second-order valence-corrected chi connectivity index (χ2v) is 14.3. The predicted molar refractivity (Wildman–Crippen MR) is 176 cm³/mol. The van der Waals surface area contributed by atoms with Gasteiger partial charge in [-0.05, 0) is 84.6 Å². The highest BCUT2D eigenvalue weighted by atomic mass is 32.2. The molecule has 0 saturated carbocycles. The lowest BCUT2D eigenvalue weighted by Crippen LogP contribution is -2.54. The number of hydrogen-bond acceptors (Lipinski definition) is 7. The third-order valence-electron chi connectivity index (χ3n) is 7.79. The average molecular weight is 639 g/mol. The van der Waals surface area contributed by atoms with E-state index in [1.807, 2.05) is 89.8 Å². The Labute approximate surface area is 270 Å². The Bertz CT molecular complexity index is 1390. The number of piperidine rings is 1. The van der Waals surface area contributed by atoms with E-state index in [4.69, 9.17) is 9.47 Å². The van der Waals surface area contributed by atoms with Crippen LogP contribution in [0.3, 0.4) is 0 Å². The number of alkyl carbamates (subject to hydrolysis) is 1. The van der Waals surface area contributed by atoms with Gasteiger partial charge < -0.3 is 29.5 Å². The summed E-state index contributed by atoms with van der Waals surface area (Å²) in [5, 5.41) is 2.43. The van der Waals surface area contributed by atoms with Crippen LogP contribution >= 0.6 is 11.8 Å². The highest BCUT2D eigenvalue weighted by molar-refractivity contribution is 8.01. The lowest BCUT2D eigenvalue weighted by atomic mass is 9.99. The highest BCUT2D eigenvalue weighted by Crippen LogP contribution is 2.41. The third-order valence-corrected chi connectivity index (χ3v) is 8.93. The number of ether oxygens (including phenoxy) is 2. The zero-order valence-corrected chi connectivity index (χ0v) is 28.2. The molecule has 10 nitrogen and oxygen atoms in total. The van der Waals surface area contributed by atoms with Gasteiger partial charge in [0.05, 0.1) is 17.0 Å². The van der Waals surface area contributed by atoms with Gasteiger partial charge in [0.25, 0.3) is 5.91 Å². The number of aryl methyl sites for hydroxylation is 1. The molecule has 0 aromatic heterocycles. The number of carbonyl (C=O) groups is 4. The van der Waals surface area contributed by atoms with E-state index in [0.29, 0.717) is 24.3 Å². The zero-order chi connectivity index (χ0) is 32.9. The van der Waals surface area contributed by atoms with Gasteiger partial charge in [-0.15, -0.1) is 11.8 Å². The summed E-state index contributed by atoms with van der Waals surface area (Å²) in [6, 6.07) is 12.9. The molecule has 0 radical (unpaired) electrons. The minimum Gasteiger partial charge on any atom is -0.445 e. The van der Waals surface area contributed by atoms with Crippen LogP contribution in [0.2, 0.25) is 0 Å². The standard InChI is InChI=1S/C34H46N4O6S/c1-22(2)38(26-14-11-16-36(20-26)33(42)44-34(5,6)7)31(40)27-19-28-29(18-23(27)3)45-24(4)30(39)37(28)17-15-35-32(41)43-21-25-12-9-8-10-13-25/h8-10,12-13,18-19,22,24,26H,11,14-17,20-21H2,1-7H3,(H,35,41)/t24?,26-/m1/s1. The van der Waals surface area contributed by atoms with Gasteiger partial charge in [-0.2, -0.15) is 0 Å². The van der Waals surface area contributed by atoms with Gasteiger partial charge in [0.2, 0.25) is 5.91 Å². The van der Waals surface area contributed by atoms with E-state index in [1.54, 1.807) is 15.9 Å². The maximum absolute atomic E-state index is 14.2. The molecular weight excluding hydrogens is 592 g/mol. The molecule has 2 aromatic rings. The normalized spacial score (nSPS) is 18.4. The Morgan fingerprint density at radius 1 is 1.13 bits per heavy atom. The molecule has 45 heavy (non-hydrogen) atoms. The van der Waals surface area contributed by atoms with E-state index in [-0.39, 0.29) is 54.9 Å². The highest BCUT2D eigenvalue weighted by Gasteiger charge is 2.36. The van der Waals surface area contributed by atoms with Crippen LogP contribution in [0.15, 0.2) is 47.4 Å². The third kappa shape index (κ3) is 8.71. The van der Waals surface area contributed by atoms with Crippen LogP contribution in [-0.2, 0) is 20.9 Å². The number of likely N-dealkylation sites (tertiary alicyclic amines) is 1. The summed E-state index contributed by atoms with van der Waals surface area (Å²) >= 11 is 1.47. The molecule has 2 aliphatic heterocycles. The van der Waals surface area contributed by atoms with Gasteiger partial charge in [-0.25, -0.2) is 9.59 Å². The summed E-state index contributed by atoms with van der Waals surface area (Å²) in [5.41, 5.74) is 2.27. The summed E-state index contributed by atoms with van der Waals surface area (Å²) in [5.74, 6) is -0.227. The fraction of sp³-hybridized carbons (Fsp3) is 0.529. The molecule has 0 aliphatic carbocycles. The summed E-state index contributed by atoms with van der Waals surface area (Å²) in [6.45, 7) is 14.8. The van der Waals surface area contributed by atoms with Gasteiger partial charge >= 0.3 is 12.2 Å². The van der Waals surface area contributed by atoms with Gasteiger partial charge in [-0.3, -0.25) is 9.59 Å². The van der Waals surface area contributed by atoms with Crippen molar-refractivity contribution in [2.24, 2.45) is 0 Å². The second kappa shape index (κ2) is 14.6. The van der Waals surface area contributed by atoms with Crippen molar-refractivity contribution in [2.45, 2.75) is 95.7 Å². The molecule has 4 rings (SSSR count). The van der Waals surface area contributed by atoms with Crippen molar-refractivity contribution in [3.63, 3.8) is 0 Å². The number of thioether (sulfide) groups is 1. The van der Waals surface area contributed by atoms with Crippen molar-refractivity contribution in [2.75, 3.05) is 31.1 Å². The maximum Gasteiger partial charge on any atom is 0.410 e. The number of carbonyl (C=O) groups excluding carboxylic acids is 4. The Morgan fingerprint density at radius 3 is 2.51 bits per heavy atom. The van der Waals surface area contributed by atoms with E-state index in [2.05, 4.69) is 5.32 Å². The van der Waals surface area contributed by atoms with Crippen LogP contribution < -0.4 is 10.2 Å². The molecule has 2 heterocycles. The van der Waals surface area contributed by atoms with Crippen molar-refractivity contribution in [1.82, 2.24) is 15.1 Å². The molecule has 2 aliphatic rings. The van der Waals surface area contributed by atoms with Crippen molar-refractivity contribution < 1.29 is 28.7 Å². The first-order valence-electron chi connectivity index (χ1n) is 15.6. The van der Waals surface area contributed by atoms with Crippen LogP contribution in [0.4, 0.5) is 15.3 Å². The van der Waals surface area contributed by atoms with Crippen LogP contribution in [-0.4, -0.2) is 82.9 Å². The fourth-order valence-corrected chi connectivity index (χ4v) is 6.84. The van der Waals surface area contributed by atoms with Crippen LogP contribution in [0.25, 0.3) is 0 Å². The first kappa shape index (κ1) is 34.1. The number of nitrogens with one attached hydrogen (secondary N) is 1. The van der Waals surface area contributed by atoms with E-state index in [9.17, 15) is 19.2 Å². The number of amides is 4. The zero-order valence-electron chi connectivity index (χ0n) is 27.4. The van der Waals surface area contributed by atoms with Gasteiger partial charge in [-0.1, -0.05) is 30.3 Å². The maximum atomic E-state index is 14.2. The Morgan fingerprint density at radius 2 is 1.84 bits per heavy atom. The number of hydrogen-bond donors (Lipinski definition) is 1. The fourth-order valence-electron chi connectivity index (χ4n) is 5.69. The van der Waals surface area contributed by atoms with Gasteiger partial charge in [0.1, 0.15) is 12.2 Å². The smallest absolute Gasteiger partial charge is 0.410 e. The second-order valence-electron chi connectivity index (χ2n) is 12.9. The lowest BCUT2D eigenvalue weighted by molar-refractivity contribution is -0.118. The molecule has 1 saturated heterocycles. The van der Waals surface area contributed by atoms with Crippen LogP contribution in [0.1, 0.15) is 75.9 Å². The number of rotatable bonds is 8. The minimum atomic E-state index is -0.603. The summed E-state index contributed by atoms with van der Waals surface area (Å²) in [4.78, 5) is 58.9. The molecule has 2 atom stereocenters. The molecule has 1 unspecified atom stereocenters. The first-order chi connectivity index (χ1) is 21.2. The molecule has 1 N–H and O–H groups in total. The summed E-state index contributed by atoms with van der Waals surface area (Å²) < 4.78 is 10.9. The summed E-state index contributed by atoms with van der Waals surface area (Å²) in [6.07, 6.45) is 0.607. The van der Waals surface area contributed by atoms with Crippen molar-refractivity contribution in [3.8, 4) is 0 Å². The molecule has 2 aromatic carbocycles. The van der Waals surface area contributed by atoms with Crippen LogP contribution in [0, 0.1) is 6.92 Å². The first-order valence-corrected chi connectivity index (χ1v) is 16.5. The predicted octanol–water partition coefficient (Wildman–Crippen LogP) is 6.00. The topological polar surface area (TPSA) is 108 Å². The van der Waals surface area contributed by atoms with Gasteiger partial charge in [0.15, 0.2) is 0 Å². The van der Waals surface area contributed by atoms with Crippen molar-refractivity contribution >= 4 is 41.5 Å². The van der Waals surface area contributed by atoms with Crippen molar-refractivity contribution in [3.05, 3.63) is 59.2 Å². The Hall–Kier alpha value is -3.73. The quantitative estimate of drug-likeness (QED) is 0.378. The van der Waals surface area contributed by atoms with Gasteiger partial charge in [0, 0.05) is 42.7 Å². The van der Waals surface area contributed by atoms with E-state index in [0.717, 1.165) is 28.9 Å². The molecule has 0 spiro atoms.